The number of nitrogens with zero attached hydrogens (tertiary/aromatic N) is 1. The predicted octanol–water partition coefficient (Wildman–Crippen LogP) is 3.41. The van der Waals surface area contributed by atoms with Crippen LogP contribution in [0.3, 0.4) is 0 Å². The molecule has 0 atom stereocenters. The molecular weight excluding hydrogens is 416 g/mol. The van der Waals surface area contributed by atoms with E-state index in [0.717, 1.165) is 17.1 Å². The fourth-order valence-electron chi connectivity index (χ4n) is 2.96. The van der Waals surface area contributed by atoms with Gasteiger partial charge in [0.25, 0.3) is 0 Å². The molecule has 0 saturated heterocycles. The maximum Gasteiger partial charge on any atom is 0.216 e. The van der Waals surface area contributed by atoms with E-state index in [1.54, 1.807) is 18.8 Å². The van der Waals surface area contributed by atoms with Crippen molar-refractivity contribution >= 4 is 27.7 Å². The van der Waals surface area contributed by atoms with Gasteiger partial charge >= 0.3 is 0 Å². The van der Waals surface area contributed by atoms with Crippen LogP contribution < -0.4 is 15.4 Å². The highest BCUT2D eigenvalue weighted by atomic mass is 32.2. The van der Waals surface area contributed by atoms with Crippen molar-refractivity contribution in [3.8, 4) is 0 Å². The van der Waals surface area contributed by atoms with Crippen molar-refractivity contribution in [3.63, 3.8) is 0 Å². The molecule has 8 heteroatoms. The van der Waals surface area contributed by atoms with Gasteiger partial charge < -0.3 is 10.6 Å². The van der Waals surface area contributed by atoms with Crippen LogP contribution in [0.1, 0.15) is 36.1 Å². The van der Waals surface area contributed by atoms with Gasteiger partial charge in [-0.05, 0) is 55.3 Å². The third kappa shape index (κ3) is 8.01. The molecule has 0 aromatic heterocycles. The Balaban J connectivity index is 1.89. The molecule has 30 heavy (non-hydrogen) atoms. The van der Waals surface area contributed by atoms with E-state index in [4.69, 9.17) is 0 Å². The van der Waals surface area contributed by atoms with Crippen LogP contribution >= 0.6 is 11.8 Å². The van der Waals surface area contributed by atoms with Crippen LogP contribution in [-0.4, -0.2) is 33.7 Å². The second-order valence-electron chi connectivity index (χ2n) is 7.44. The smallest absolute Gasteiger partial charge is 0.216 e. The van der Waals surface area contributed by atoms with E-state index in [0.29, 0.717) is 13.1 Å². The second kappa shape index (κ2) is 11.4. The third-order valence-electron chi connectivity index (χ3n) is 4.37. The number of aryl methyl sites for hydroxylation is 1. The first-order chi connectivity index (χ1) is 14.2. The summed E-state index contributed by atoms with van der Waals surface area (Å²) in [4.78, 5) is 5.54. The Hall–Kier alpha value is -2.03. The summed E-state index contributed by atoms with van der Waals surface area (Å²) in [6, 6.07) is 13.9. The van der Waals surface area contributed by atoms with Crippen molar-refractivity contribution in [1.82, 2.24) is 15.4 Å². The highest BCUT2D eigenvalue weighted by Crippen LogP contribution is 2.21. The molecule has 0 amide bonds. The van der Waals surface area contributed by atoms with Gasteiger partial charge in [0.15, 0.2) is 5.96 Å². The van der Waals surface area contributed by atoms with E-state index in [9.17, 15) is 8.42 Å². The topological polar surface area (TPSA) is 82.6 Å². The average molecular weight is 449 g/mol. The minimum absolute atomic E-state index is 0.0174. The van der Waals surface area contributed by atoms with E-state index >= 15 is 0 Å². The Morgan fingerprint density at radius 1 is 1.03 bits per heavy atom. The van der Waals surface area contributed by atoms with Crippen molar-refractivity contribution in [2.45, 2.75) is 50.6 Å². The van der Waals surface area contributed by atoms with Gasteiger partial charge in [-0.2, -0.15) is 0 Å². The van der Waals surface area contributed by atoms with Gasteiger partial charge in [0.1, 0.15) is 0 Å². The van der Waals surface area contributed by atoms with Crippen LogP contribution in [0.5, 0.6) is 0 Å². The highest BCUT2D eigenvalue weighted by molar-refractivity contribution is 7.98. The Morgan fingerprint density at radius 3 is 2.27 bits per heavy atom. The molecule has 0 fully saturated rings. The molecule has 0 bridgehead atoms. The number of sulfonamides is 1. The largest absolute Gasteiger partial charge is 0.352 e. The Morgan fingerprint density at radius 2 is 1.67 bits per heavy atom. The van der Waals surface area contributed by atoms with Crippen LogP contribution in [0.15, 0.2) is 52.4 Å². The van der Waals surface area contributed by atoms with E-state index in [1.807, 2.05) is 38.1 Å². The number of aliphatic imine (C=N–C) groups is 1. The first kappa shape index (κ1) is 24.2. The Labute approximate surface area is 185 Å². The lowest BCUT2D eigenvalue weighted by Crippen LogP contribution is -2.36. The van der Waals surface area contributed by atoms with Gasteiger partial charge in [-0.3, -0.25) is 4.99 Å². The molecule has 0 aliphatic heterocycles. The molecule has 0 radical (unpaired) electrons. The Kier molecular flexibility index (Phi) is 9.20. The van der Waals surface area contributed by atoms with Crippen LogP contribution in [0.4, 0.5) is 0 Å². The summed E-state index contributed by atoms with van der Waals surface area (Å²) in [5, 5.41) is 6.65. The summed E-state index contributed by atoms with van der Waals surface area (Å²) in [7, 11) is -1.57. The summed E-state index contributed by atoms with van der Waals surface area (Å²) in [6.45, 7) is 7.01. The number of nitrogens with one attached hydrogen (secondary N) is 3. The first-order valence-corrected chi connectivity index (χ1v) is 12.8. The maximum atomic E-state index is 12.1. The molecule has 0 saturated carbocycles. The lowest BCUT2D eigenvalue weighted by molar-refractivity contribution is 0.569. The molecular formula is C22H32N4O2S2. The monoisotopic (exact) mass is 448 g/mol. The summed E-state index contributed by atoms with van der Waals surface area (Å²) < 4.78 is 26.7. The van der Waals surface area contributed by atoms with Crippen LogP contribution in [0.2, 0.25) is 0 Å². The fraction of sp³-hybridized carbons (Fsp3) is 0.409. The van der Waals surface area contributed by atoms with Crippen LogP contribution in [0, 0.1) is 6.92 Å². The standard InChI is InChI=1S/C22H32N4O2S2/c1-16(2)26-30(27,28)15-19-9-7-18(8-10-19)13-24-22(23-4)25-14-20-11-6-17(3)12-21(20)29-5/h6-12,16,26H,13-15H2,1-5H3,(H2,23,24,25). The zero-order valence-electron chi connectivity index (χ0n) is 18.3. The van der Waals surface area contributed by atoms with Crippen molar-refractivity contribution in [2.24, 2.45) is 4.99 Å². The van der Waals surface area contributed by atoms with Gasteiger partial charge in [-0.25, -0.2) is 13.1 Å². The predicted molar refractivity (Wildman–Crippen MR) is 127 cm³/mol. The molecule has 0 aliphatic carbocycles. The molecule has 6 nitrogen and oxygen atoms in total. The van der Waals surface area contributed by atoms with Gasteiger partial charge in [-0.1, -0.05) is 36.4 Å². The molecule has 2 aromatic rings. The van der Waals surface area contributed by atoms with Gasteiger partial charge in [-0.15, -0.1) is 11.8 Å². The summed E-state index contributed by atoms with van der Waals surface area (Å²) in [5.74, 6) is 0.701. The van der Waals surface area contributed by atoms with Crippen LogP contribution in [0.25, 0.3) is 0 Å². The maximum absolute atomic E-state index is 12.1. The number of benzene rings is 2. The van der Waals surface area contributed by atoms with Gasteiger partial charge in [0, 0.05) is 31.1 Å². The lowest BCUT2D eigenvalue weighted by atomic mass is 10.1. The molecule has 3 N–H and O–H groups in total. The molecule has 0 spiro atoms. The molecule has 2 rings (SSSR count). The van der Waals surface area contributed by atoms with Crippen molar-refractivity contribution < 1.29 is 8.42 Å². The Bertz CT molecular complexity index is 956. The number of thioether (sulfide) groups is 1. The van der Waals surface area contributed by atoms with Gasteiger partial charge in [0.05, 0.1) is 5.75 Å². The first-order valence-electron chi connectivity index (χ1n) is 9.88. The highest BCUT2D eigenvalue weighted by Gasteiger charge is 2.12. The lowest BCUT2D eigenvalue weighted by Gasteiger charge is -2.14. The zero-order chi connectivity index (χ0) is 22.1. The molecule has 164 valence electrons. The third-order valence-corrected chi connectivity index (χ3v) is 6.73. The van der Waals surface area contributed by atoms with Crippen molar-refractivity contribution in [2.75, 3.05) is 13.3 Å². The minimum Gasteiger partial charge on any atom is -0.352 e. The SMILES string of the molecule is CN=C(NCc1ccc(CS(=O)(=O)NC(C)C)cc1)NCc1ccc(C)cc1SC. The summed E-state index contributed by atoms with van der Waals surface area (Å²) in [5.41, 5.74) is 4.30. The van der Waals surface area contributed by atoms with E-state index in [-0.39, 0.29) is 11.8 Å². The number of hydrogen-bond donors (Lipinski definition) is 3. The molecule has 2 aromatic carbocycles. The van der Waals surface area contributed by atoms with Crippen molar-refractivity contribution in [1.29, 1.82) is 0 Å². The summed E-state index contributed by atoms with van der Waals surface area (Å²) in [6.07, 6.45) is 2.08. The van der Waals surface area contributed by atoms with Gasteiger partial charge in [0.2, 0.25) is 10.0 Å². The molecule has 0 unspecified atom stereocenters. The normalized spacial score (nSPS) is 12.3. The average Bonchev–Trinajstić information content (AvgIpc) is 2.68. The number of rotatable bonds is 9. The molecule has 0 aliphatic rings. The zero-order valence-corrected chi connectivity index (χ0v) is 20.0. The van der Waals surface area contributed by atoms with Crippen molar-refractivity contribution in [3.05, 3.63) is 64.7 Å². The van der Waals surface area contributed by atoms with E-state index < -0.39 is 10.0 Å². The van der Waals surface area contributed by atoms with Crippen LogP contribution in [-0.2, 0) is 28.9 Å². The van der Waals surface area contributed by atoms with E-state index in [1.165, 1.54) is 16.0 Å². The minimum atomic E-state index is -3.32. The second-order valence-corrected chi connectivity index (χ2v) is 10.0. The molecule has 0 heterocycles. The fourth-order valence-corrected chi connectivity index (χ4v) is 5.10. The number of hydrogen-bond acceptors (Lipinski definition) is 4. The summed E-state index contributed by atoms with van der Waals surface area (Å²) >= 11 is 1.74. The number of guanidine groups is 1. The quantitative estimate of drug-likeness (QED) is 0.311. The van der Waals surface area contributed by atoms with E-state index in [2.05, 4.69) is 51.7 Å².